The number of hydrogen-bond donors (Lipinski definition) is 2. The average molecular weight is 757 g/mol. The van der Waals surface area contributed by atoms with E-state index in [9.17, 15) is 36.2 Å². The molecule has 2 N–H and O–H groups in total. The van der Waals surface area contributed by atoms with Crippen molar-refractivity contribution < 1.29 is 104 Å². The fourth-order valence-electron chi connectivity index (χ4n) is 7.62. The van der Waals surface area contributed by atoms with Crippen LogP contribution in [0.25, 0.3) is 0 Å². The molecule has 1 aromatic carbocycles. The number of rotatable bonds is 16. The zero-order valence-corrected chi connectivity index (χ0v) is 37.1. The second-order valence-corrected chi connectivity index (χ2v) is 16.9. The Bertz CT molecular complexity index is 1610. The van der Waals surface area contributed by atoms with E-state index in [1.165, 1.54) is 28.4 Å². The van der Waals surface area contributed by atoms with Crippen LogP contribution < -0.4 is 67.5 Å². The van der Waals surface area contributed by atoms with Gasteiger partial charge in [0.1, 0.15) is 11.5 Å². The molecule has 10 nitrogen and oxygen atoms in total. The van der Waals surface area contributed by atoms with Crippen molar-refractivity contribution in [1.82, 2.24) is 0 Å². The van der Waals surface area contributed by atoms with Gasteiger partial charge < -0.3 is 27.7 Å². The van der Waals surface area contributed by atoms with Gasteiger partial charge in [0.2, 0.25) is 0 Å². The Morgan fingerprint density at radius 1 is 1.02 bits per heavy atom. The van der Waals surface area contributed by atoms with Crippen LogP contribution in [-0.4, -0.2) is 47.9 Å². The molecule has 2 aliphatic rings. The molecule has 0 amide bonds. The smallest absolute Gasteiger partial charge is 0.716 e. The Kier molecular flexibility index (Phi) is 18.5. The summed E-state index contributed by atoms with van der Waals surface area (Å²) in [7, 11) is -10.2. The largest absolute Gasteiger partial charge is 1.00 e. The van der Waals surface area contributed by atoms with Crippen molar-refractivity contribution in [2.24, 2.45) is 16.7 Å². The summed E-state index contributed by atoms with van der Waals surface area (Å²) < 4.78 is 77.8. The first kappa shape index (κ1) is 47.8. The maximum atomic E-state index is 11.6. The van der Waals surface area contributed by atoms with Crippen molar-refractivity contribution in [1.29, 1.82) is 0 Å². The van der Waals surface area contributed by atoms with E-state index in [1.807, 2.05) is 0 Å². The molecule has 2 aliphatic carbocycles. The molecule has 272 valence electrons. The van der Waals surface area contributed by atoms with Gasteiger partial charge in [0, 0.05) is 5.56 Å². The molecule has 0 radical (unpaired) electrons. The summed E-state index contributed by atoms with van der Waals surface area (Å²) in [5, 5.41) is 22.4. The van der Waals surface area contributed by atoms with Gasteiger partial charge in [0.05, 0.1) is 11.7 Å². The van der Waals surface area contributed by atoms with Crippen molar-refractivity contribution in [2.45, 2.75) is 137 Å². The fourth-order valence-corrected chi connectivity index (χ4v) is 8.34. The van der Waals surface area contributed by atoms with Crippen molar-refractivity contribution >= 4 is 20.8 Å². The molecular weight excluding hydrogens is 703 g/mol. The van der Waals surface area contributed by atoms with E-state index < -0.39 is 37.9 Å². The monoisotopic (exact) mass is 756 g/mol. The van der Waals surface area contributed by atoms with E-state index in [0.29, 0.717) is 25.7 Å². The maximum Gasteiger partial charge on any atom is 1.00 e. The van der Waals surface area contributed by atoms with Gasteiger partial charge in [0.15, 0.2) is 0 Å². The molecule has 5 atom stereocenters. The predicted octanol–water partition coefficient (Wildman–Crippen LogP) is 1.20. The summed E-state index contributed by atoms with van der Waals surface area (Å²) in [6.45, 7) is 14.4. The normalized spacial score (nSPS) is 24.5. The molecule has 1 aromatic rings. The molecule has 0 saturated heterocycles. The minimum absolute atomic E-state index is 0. The molecule has 0 aliphatic heterocycles. The van der Waals surface area contributed by atoms with Crippen molar-refractivity contribution in [2.75, 3.05) is 0 Å². The topological polar surface area (TPSA) is 173 Å². The Labute approximate surface area is 345 Å². The zero-order chi connectivity index (χ0) is 36.1. The number of aliphatic hydroxyl groups is 2. The van der Waals surface area contributed by atoms with Gasteiger partial charge in [-0.05, 0) is 140 Å². The Balaban J connectivity index is 0.00000625. The summed E-state index contributed by atoms with van der Waals surface area (Å²) >= 11 is 0. The third-order valence-electron chi connectivity index (χ3n) is 10.8. The number of aliphatic hydroxyl groups excluding tert-OH is 1. The second-order valence-electron chi connectivity index (χ2n) is 15.0. The summed E-state index contributed by atoms with van der Waals surface area (Å²) in [5.74, 6) is -0.419. The summed E-state index contributed by atoms with van der Waals surface area (Å²) in [5.41, 5.74) is 3.33. The first-order valence-electron chi connectivity index (χ1n) is 16.9. The van der Waals surface area contributed by atoms with Crippen LogP contribution in [-0.2, 0) is 27.2 Å². The van der Waals surface area contributed by atoms with Crippen LogP contribution in [0.2, 0.25) is 0 Å². The van der Waals surface area contributed by atoms with Crippen LogP contribution >= 0.6 is 0 Å². The maximum absolute atomic E-state index is 11.6. The predicted molar refractivity (Wildman–Crippen MR) is 184 cm³/mol. The quantitative estimate of drug-likeness (QED) is 0.108. The molecule has 0 fully saturated rings. The molecule has 0 saturated carbocycles. The van der Waals surface area contributed by atoms with Crippen LogP contribution in [0.3, 0.4) is 0 Å². The van der Waals surface area contributed by atoms with Crippen LogP contribution in [0.4, 0.5) is 0 Å². The molecule has 3 rings (SSSR count). The third-order valence-corrected chi connectivity index (χ3v) is 11.5. The van der Waals surface area contributed by atoms with Gasteiger partial charge in [-0.25, -0.2) is 16.8 Å². The van der Waals surface area contributed by atoms with E-state index in [-0.39, 0.29) is 93.9 Å². The summed E-state index contributed by atoms with van der Waals surface area (Å²) in [6, 6.07) is 3.43. The van der Waals surface area contributed by atoms with Crippen molar-refractivity contribution in [3.8, 4) is 11.5 Å². The molecule has 0 heterocycles. The van der Waals surface area contributed by atoms with Crippen LogP contribution in [0, 0.1) is 16.7 Å². The zero-order valence-electron chi connectivity index (χ0n) is 31.5. The van der Waals surface area contributed by atoms with Crippen molar-refractivity contribution in [3.63, 3.8) is 0 Å². The van der Waals surface area contributed by atoms with E-state index in [4.69, 9.17) is 4.18 Å². The van der Waals surface area contributed by atoms with E-state index in [2.05, 4.69) is 57.9 Å². The molecule has 3 unspecified atom stereocenters. The Morgan fingerprint density at radius 2 is 1.66 bits per heavy atom. The molecule has 0 bridgehead atoms. The van der Waals surface area contributed by atoms with E-state index in [0.717, 1.165) is 57.1 Å². The number of benzene rings is 1. The van der Waals surface area contributed by atoms with E-state index in [1.54, 1.807) is 6.92 Å². The second kappa shape index (κ2) is 19.4. The van der Waals surface area contributed by atoms with Crippen LogP contribution in [0.15, 0.2) is 52.6 Å². The molecule has 0 spiro atoms. The Morgan fingerprint density at radius 3 is 2.26 bits per heavy atom. The minimum Gasteiger partial charge on any atom is -0.716 e. The minimum atomic E-state index is -5.14. The van der Waals surface area contributed by atoms with Crippen LogP contribution in [0.1, 0.15) is 125 Å². The third kappa shape index (κ3) is 13.9. The standard InChI is InChI=1S/C36H56O10S2.2Na/c1-25(2)11-8-12-26(3)13-9-21-36(7,38)33(37)19-22-34(5)20-10-14-31-30(34)17-15-27(4)35(31,6)24-28-23-29(45-47(39,40)41)16-18-32(28)46-48(42,43)44;;/h11,13,16,18,23,27,33,37-38H,8-10,12,14-15,17,19-22,24H2,1-7H3,(H,39,40,41)(H,42,43,44);;/q;2*+1/p-2/b26-13+;;/t27?,33?,34-,35-,36?;;/m0../s1. The van der Waals surface area contributed by atoms with Crippen molar-refractivity contribution in [3.05, 3.63) is 58.2 Å². The number of hydrogen-bond acceptors (Lipinski definition) is 10. The van der Waals surface area contributed by atoms with Gasteiger partial charge >= 0.3 is 59.1 Å². The SMILES string of the molecule is CC(C)=CCC/C(C)=C/CCC(C)(O)C(O)CC[C@]1(C)CCCC2=C1CCC(C)[C@]2(C)Cc1cc(OS(=O)(=O)[O-])ccc1OS(=O)(=O)[O-].[Na+].[Na+]. The van der Waals surface area contributed by atoms with Gasteiger partial charge in [-0.1, -0.05) is 55.2 Å². The first-order chi connectivity index (χ1) is 22.0. The molecule has 14 heteroatoms. The van der Waals surface area contributed by atoms with Gasteiger partial charge in [-0.3, -0.25) is 0 Å². The molecule has 0 aromatic heterocycles. The average Bonchev–Trinajstić information content (AvgIpc) is 2.94. The Hall–Kier alpha value is -0.220. The molecule has 50 heavy (non-hydrogen) atoms. The van der Waals surface area contributed by atoms with Crippen LogP contribution in [0.5, 0.6) is 11.5 Å². The van der Waals surface area contributed by atoms with Gasteiger partial charge in [0.25, 0.3) is 20.8 Å². The van der Waals surface area contributed by atoms with Gasteiger partial charge in [-0.15, -0.1) is 0 Å². The first-order valence-corrected chi connectivity index (χ1v) is 19.6. The fraction of sp³-hybridized carbons (Fsp3) is 0.667. The number of allylic oxidation sites excluding steroid dienone is 6. The summed E-state index contributed by atoms with van der Waals surface area (Å²) in [6.07, 6.45) is 12.2. The molecular formula is C36H54Na2O10S2. The van der Waals surface area contributed by atoms with Gasteiger partial charge in [-0.2, -0.15) is 0 Å². The van der Waals surface area contributed by atoms with E-state index >= 15 is 0 Å². The summed E-state index contributed by atoms with van der Waals surface area (Å²) in [4.78, 5) is 0.